The zero-order valence-electron chi connectivity index (χ0n) is 12.3. The van der Waals surface area contributed by atoms with Crippen LogP contribution < -0.4 is 15.8 Å². The fourth-order valence-corrected chi connectivity index (χ4v) is 1.96. The summed E-state index contributed by atoms with van der Waals surface area (Å²) in [5.74, 6) is 0.665. The first-order chi connectivity index (χ1) is 10.0. The largest absolute Gasteiger partial charge is 0.493 e. The fourth-order valence-electron chi connectivity index (χ4n) is 1.96. The summed E-state index contributed by atoms with van der Waals surface area (Å²) in [6.45, 7) is 4.29. The third-order valence-corrected chi connectivity index (χ3v) is 3.07. The molecule has 1 amide bonds. The van der Waals surface area contributed by atoms with E-state index in [9.17, 15) is 4.79 Å². The van der Waals surface area contributed by atoms with Gasteiger partial charge in [0, 0.05) is 0 Å². The molecule has 0 aliphatic heterocycles. The summed E-state index contributed by atoms with van der Waals surface area (Å²) in [6, 6.07) is 13.3. The lowest BCUT2D eigenvalue weighted by atomic mass is 10.2. The van der Waals surface area contributed by atoms with Gasteiger partial charge in [-0.15, -0.1) is 0 Å². The maximum absolute atomic E-state index is 11.9. The zero-order chi connectivity index (χ0) is 15.2. The minimum absolute atomic E-state index is 0.111. The van der Waals surface area contributed by atoms with Crippen molar-refractivity contribution < 1.29 is 9.53 Å². The summed E-state index contributed by atoms with van der Waals surface area (Å²) in [5, 5.41) is 2.80. The van der Waals surface area contributed by atoms with Crippen LogP contribution >= 0.6 is 0 Å². The number of carbonyl (C=O) groups is 1. The molecule has 3 N–H and O–H groups in total. The molecule has 4 nitrogen and oxygen atoms in total. The normalized spacial score (nSPS) is 10.2. The summed E-state index contributed by atoms with van der Waals surface area (Å²) in [7, 11) is 0. The first-order valence-corrected chi connectivity index (χ1v) is 6.90. The van der Waals surface area contributed by atoms with E-state index in [0.717, 1.165) is 16.9 Å². The van der Waals surface area contributed by atoms with E-state index >= 15 is 0 Å². The Hall–Kier alpha value is -2.49. The molecule has 2 aromatic rings. The average molecular weight is 284 g/mol. The molecule has 4 heteroatoms. The van der Waals surface area contributed by atoms with E-state index in [1.807, 2.05) is 50.2 Å². The van der Waals surface area contributed by atoms with Gasteiger partial charge >= 0.3 is 0 Å². The molecule has 110 valence electrons. The molecule has 0 heterocycles. The number of anilines is 2. The fraction of sp³-hybridized carbons (Fsp3) is 0.235. The molecule has 0 spiro atoms. The smallest absolute Gasteiger partial charge is 0.227 e. The summed E-state index contributed by atoms with van der Waals surface area (Å²) >= 11 is 0. The predicted molar refractivity (Wildman–Crippen MR) is 85.5 cm³/mol. The molecule has 0 bridgehead atoms. The third kappa shape index (κ3) is 4.53. The van der Waals surface area contributed by atoms with Crippen LogP contribution in [0.4, 0.5) is 11.4 Å². The van der Waals surface area contributed by atoms with Crippen molar-refractivity contribution in [1.29, 1.82) is 0 Å². The van der Waals surface area contributed by atoms with Crippen LogP contribution in [0.25, 0.3) is 0 Å². The number of hydrogen-bond donors (Lipinski definition) is 2. The van der Waals surface area contributed by atoms with Crippen LogP contribution in [0.3, 0.4) is 0 Å². The van der Waals surface area contributed by atoms with Gasteiger partial charge in [-0.25, -0.2) is 0 Å². The maximum Gasteiger partial charge on any atom is 0.227 e. The van der Waals surface area contributed by atoms with E-state index in [1.54, 1.807) is 6.07 Å². The number of nitrogens with one attached hydrogen (secondary N) is 1. The van der Waals surface area contributed by atoms with Crippen molar-refractivity contribution in [3.05, 3.63) is 53.6 Å². The van der Waals surface area contributed by atoms with Crippen LogP contribution in [-0.2, 0) is 4.79 Å². The number of nitrogens with two attached hydrogens (primary N) is 1. The second-order valence-corrected chi connectivity index (χ2v) is 5.05. The molecular weight excluding hydrogens is 264 g/mol. The van der Waals surface area contributed by atoms with Crippen LogP contribution in [-0.4, -0.2) is 12.5 Å². The minimum Gasteiger partial charge on any atom is -0.493 e. The van der Waals surface area contributed by atoms with E-state index in [4.69, 9.17) is 10.5 Å². The number of ether oxygens (including phenoxy) is 1. The highest BCUT2D eigenvalue weighted by Crippen LogP contribution is 2.19. The van der Waals surface area contributed by atoms with E-state index < -0.39 is 0 Å². The number of benzene rings is 2. The zero-order valence-corrected chi connectivity index (χ0v) is 12.3. The third-order valence-electron chi connectivity index (χ3n) is 3.07. The van der Waals surface area contributed by atoms with Crippen LogP contribution in [0.5, 0.6) is 5.75 Å². The number of aryl methyl sites for hydroxylation is 2. The molecule has 0 atom stereocenters. The minimum atomic E-state index is -0.111. The molecule has 21 heavy (non-hydrogen) atoms. The van der Waals surface area contributed by atoms with Crippen molar-refractivity contribution in [2.24, 2.45) is 0 Å². The molecule has 0 fully saturated rings. The van der Waals surface area contributed by atoms with Crippen LogP contribution in [0, 0.1) is 13.8 Å². The van der Waals surface area contributed by atoms with E-state index in [-0.39, 0.29) is 12.3 Å². The molecule has 0 radical (unpaired) electrons. The topological polar surface area (TPSA) is 64.3 Å². The van der Waals surface area contributed by atoms with Crippen molar-refractivity contribution in [3.63, 3.8) is 0 Å². The standard InChI is InChI=1S/C17H20N2O2/c1-12-4-3-5-14(10-12)21-9-8-17(20)19-16-11-13(2)6-7-15(16)18/h3-7,10-11H,8-9,18H2,1-2H3,(H,19,20). The summed E-state index contributed by atoms with van der Waals surface area (Å²) in [4.78, 5) is 11.9. The van der Waals surface area contributed by atoms with Gasteiger partial charge in [0.2, 0.25) is 5.91 Å². The quantitative estimate of drug-likeness (QED) is 0.828. The predicted octanol–water partition coefficient (Wildman–Crippen LogP) is 3.29. The van der Waals surface area contributed by atoms with Gasteiger partial charge in [0.15, 0.2) is 0 Å². The Morgan fingerprint density at radius 3 is 2.67 bits per heavy atom. The summed E-state index contributed by atoms with van der Waals surface area (Å²) in [6.07, 6.45) is 0.279. The Bertz CT molecular complexity index is 638. The average Bonchev–Trinajstić information content (AvgIpc) is 2.43. The van der Waals surface area contributed by atoms with Crippen LogP contribution in [0.1, 0.15) is 17.5 Å². The SMILES string of the molecule is Cc1cccc(OCCC(=O)Nc2cc(C)ccc2N)c1. The number of nitrogen functional groups attached to an aromatic ring is 1. The van der Waals surface area contributed by atoms with Gasteiger partial charge in [0.1, 0.15) is 5.75 Å². The van der Waals surface area contributed by atoms with Gasteiger partial charge in [-0.3, -0.25) is 4.79 Å². The van der Waals surface area contributed by atoms with Gasteiger partial charge in [0.25, 0.3) is 0 Å². The first kappa shape index (κ1) is 14.9. The Balaban J connectivity index is 1.84. The van der Waals surface area contributed by atoms with Crippen molar-refractivity contribution in [1.82, 2.24) is 0 Å². The molecule has 0 aromatic heterocycles. The van der Waals surface area contributed by atoms with Crippen LogP contribution in [0.15, 0.2) is 42.5 Å². The first-order valence-electron chi connectivity index (χ1n) is 6.90. The van der Waals surface area contributed by atoms with Gasteiger partial charge in [-0.05, 0) is 49.2 Å². The highest BCUT2D eigenvalue weighted by molar-refractivity contribution is 5.94. The van der Waals surface area contributed by atoms with Crippen molar-refractivity contribution in [2.75, 3.05) is 17.7 Å². The van der Waals surface area contributed by atoms with Gasteiger partial charge in [-0.1, -0.05) is 18.2 Å². The second kappa shape index (κ2) is 6.79. The maximum atomic E-state index is 11.9. The van der Waals surface area contributed by atoms with E-state index in [2.05, 4.69) is 5.32 Å². The number of rotatable bonds is 5. The Morgan fingerprint density at radius 1 is 1.14 bits per heavy atom. The summed E-state index contributed by atoms with van der Waals surface area (Å²) in [5.41, 5.74) is 9.22. The molecular formula is C17H20N2O2. The lowest BCUT2D eigenvalue weighted by Crippen LogP contribution is -2.16. The number of carbonyl (C=O) groups excluding carboxylic acids is 1. The van der Waals surface area contributed by atoms with Gasteiger partial charge < -0.3 is 15.8 Å². The van der Waals surface area contributed by atoms with Crippen LogP contribution in [0.2, 0.25) is 0 Å². The molecule has 0 aliphatic carbocycles. The molecule has 0 aliphatic rings. The van der Waals surface area contributed by atoms with Crippen molar-refractivity contribution in [3.8, 4) is 5.75 Å². The Kier molecular flexibility index (Phi) is 4.82. The van der Waals surface area contributed by atoms with Gasteiger partial charge in [-0.2, -0.15) is 0 Å². The lowest BCUT2D eigenvalue weighted by Gasteiger charge is -2.10. The van der Waals surface area contributed by atoms with Crippen molar-refractivity contribution >= 4 is 17.3 Å². The lowest BCUT2D eigenvalue weighted by molar-refractivity contribution is -0.116. The monoisotopic (exact) mass is 284 g/mol. The van der Waals surface area contributed by atoms with Crippen molar-refractivity contribution in [2.45, 2.75) is 20.3 Å². The molecule has 2 rings (SSSR count). The molecule has 0 unspecified atom stereocenters. The number of hydrogen-bond acceptors (Lipinski definition) is 3. The highest BCUT2D eigenvalue weighted by atomic mass is 16.5. The van der Waals surface area contributed by atoms with E-state index in [0.29, 0.717) is 18.0 Å². The van der Waals surface area contributed by atoms with Gasteiger partial charge in [0.05, 0.1) is 24.4 Å². The Morgan fingerprint density at radius 2 is 1.90 bits per heavy atom. The van der Waals surface area contributed by atoms with E-state index in [1.165, 1.54) is 0 Å². The number of amides is 1. The molecule has 0 saturated carbocycles. The second-order valence-electron chi connectivity index (χ2n) is 5.05. The highest BCUT2D eigenvalue weighted by Gasteiger charge is 2.06. The molecule has 2 aromatic carbocycles. The molecule has 0 saturated heterocycles. The Labute approximate surface area is 124 Å². The summed E-state index contributed by atoms with van der Waals surface area (Å²) < 4.78 is 5.56.